The van der Waals surface area contributed by atoms with Crippen LogP contribution in [0.5, 0.6) is 0 Å². The van der Waals surface area contributed by atoms with Crippen LogP contribution in [0.25, 0.3) is 0 Å². The monoisotopic (exact) mass is 530 g/mol. The van der Waals surface area contributed by atoms with Crippen molar-refractivity contribution in [1.29, 1.82) is 0 Å². The molecule has 5 aliphatic carbocycles. The highest BCUT2D eigenvalue weighted by molar-refractivity contribution is 5.99. The van der Waals surface area contributed by atoms with Crippen molar-refractivity contribution in [1.82, 2.24) is 0 Å². The summed E-state index contributed by atoms with van der Waals surface area (Å²) in [6.45, 7) is 6.56. The number of hydrogen-bond acceptors (Lipinski definition) is 5. The Morgan fingerprint density at radius 1 is 0.897 bits per heavy atom. The van der Waals surface area contributed by atoms with Gasteiger partial charge in [0.05, 0.1) is 31.0 Å². The first-order chi connectivity index (χ1) is 18.9. The Balaban J connectivity index is 1.23. The van der Waals surface area contributed by atoms with Crippen LogP contribution in [0.15, 0.2) is 47.6 Å². The molecule has 4 saturated carbocycles. The van der Waals surface area contributed by atoms with Crippen LogP contribution in [-0.2, 0) is 14.2 Å². The number of aliphatic hydroxyl groups is 1. The van der Waals surface area contributed by atoms with Gasteiger partial charge in [0.2, 0.25) is 0 Å². The molecule has 0 aromatic heterocycles. The molecule has 2 saturated heterocycles. The molecule has 2 aliphatic heterocycles. The third-order valence-electron chi connectivity index (χ3n) is 11.8. The molecule has 5 nitrogen and oxygen atoms in total. The lowest BCUT2D eigenvalue weighted by molar-refractivity contribution is -0.207. The van der Waals surface area contributed by atoms with Crippen molar-refractivity contribution < 1.29 is 24.1 Å². The lowest BCUT2D eigenvalue weighted by atomic mass is 9.60. The highest BCUT2D eigenvalue weighted by atomic mass is 16.7. The molecule has 2 bridgehead atoms. The van der Waals surface area contributed by atoms with Crippen molar-refractivity contribution in [2.75, 3.05) is 19.8 Å². The van der Waals surface area contributed by atoms with E-state index in [1.807, 2.05) is 0 Å². The molecule has 6 fully saturated rings. The molecule has 2 spiro atoms. The van der Waals surface area contributed by atoms with Crippen molar-refractivity contribution in [3.63, 3.8) is 0 Å². The van der Waals surface area contributed by atoms with Gasteiger partial charge in [-0.25, -0.2) is 0 Å². The lowest BCUT2D eigenvalue weighted by Gasteiger charge is -2.50. The molecule has 0 radical (unpaired) electrons. The molecular weight excluding hydrogens is 488 g/mol. The zero-order chi connectivity index (χ0) is 26.4. The highest BCUT2D eigenvalue weighted by Crippen LogP contribution is 2.62. The maximum absolute atomic E-state index is 12.8. The summed E-state index contributed by atoms with van der Waals surface area (Å²) in [7, 11) is 0. The molecular formula is C34H42O5. The molecule has 1 unspecified atom stereocenters. The van der Waals surface area contributed by atoms with Gasteiger partial charge < -0.3 is 19.3 Å². The van der Waals surface area contributed by atoms with Crippen LogP contribution in [-0.4, -0.2) is 47.7 Å². The number of fused-ring (bicyclic) bond motifs is 6. The van der Waals surface area contributed by atoms with Crippen molar-refractivity contribution in [2.24, 2.45) is 23.7 Å². The van der Waals surface area contributed by atoms with Gasteiger partial charge in [0.1, 0.15) is 0 Å². The van der Waals surface area contributed by atoms with E-state index in [4.69, 9.17) is 14.2 Å². The molecule has 39 heavy (non-hydrogen) atoms. The molecule has 208 valence electrons. The molecule has 0 amide bonds. The van der Waals surface area contributed by atoms with Crippen LogP contribution in [0.3, 0.4) is 0 Å². The van der Waals surface area contributed by atoms with Crippen LogP contribution >= 0.6 is 0 Å². The Hall–Kier alpha value is -1.79. The third-order valence-corrected chi connectivity index (χ3v) is 11.8. The van der Waals surface area contributed by atoms with Crippen LogP contribution in [0.4, 0.5) is 0 Å². The molecule has 1 aromatic rings. The van der Waals surface area contributed by atoms with Gasteiger partial charge in [-0.05, 0) is 98.7 Å². The molecule has 1 N–H and O–H groups in total. The number of carbonyl (C=O) groups excluding carboxylic acids is 1. The number of rotatable bonds is 3. The predicted octanol–water partition coefficient (Wildman–Crippen LogP) is 6.26. The molecule has 1 aromatic carbocycles. The second-order valence-corrected chi connectivity index (χ2v) is 13.8. The molecule has 5 heteroatoms. The van der Waals surface area contributed by atoms with E-state index in [0.29, 0.717) is 43.2 Å². The van der Waals surface area contributed by atoms with Crippen LogP contribution < -0.4 is 0 Å². The van der Waals surface area contributed by atoms with Gasteiger partial charge in [-0.3, -0.25) is 4.79 Å². The molecule has 8 rings (SSSR count). The number of benzene rings is 1. The summed E-state index contributed by atoms with van der Waals surface area (Å²) < 4.78 is 18.8. The zero-order valence-electron chi connectivity index (χ0n) is 23.1. The van der Waals surface area contributed by atoms with Gasteiger partial charge in [-0.15, -0.1) is 0 Å². The fourth-order valence-electron chi connectivity index (χ4n) is 9.76. The number of ketones is 1. The third kappa shape index (κ3) is 3.83. The summed E-state index contributed by atoms with van der Waals surface area (Å²) in [5.74, 6) is 1.70. The summed E-state index contributed by atoms with van der Waals surface area (Å²) in [4.78, 5) is 12.8. The zero-order valence-corrected chi connectivity index (χ0v) is 23.1. The predicted molar refractivity (Wildman–Crippen MR) is 147 cm³/mol. The summed E-state index contributed by atoms with van der Waals surface area (Å²) in [5.41, 5.74) is 5.17. The van der Waals surface area contributed by atoms with E-state index < -0.39 is 11.4 Å². The Labute approximate surface area is 232 Å². The maximum Gasteiger partial charge on any atom is 0.171 e. The summed E-state index contributed by atoms with van der Waals surface area (Å²) in [6, 6.07) is 8.58. The summed E-state index contributed by atoms with van der Waals surface area (Å²) in [6.07, 6.45) is 11.5. The average molecular weight is 531 g/mol. The number of carbonyl (C=O) groups is 1. The SMILES string of the molecule is C=C1CCO[C@]12CC[C@@H]1C[C@H]2C[C@H](c2ccc(C(=O)C3CC3)cc2)C2=C3CCC4(C[C@]3(O)CCC21)OCCO4. The van der Waals surface area contributed by atoms with Gasteiger partial charge in [-0.1, -0.05) is 36.4 Å². The van der Waals surface area contributed by atoms with Gasteiger partial charge in [0.25, 0.3) is 0 Å². The first-order valence-electron chi connectivity index (χ1n) is 15.6. The first-order valence-corrected chi connectivity index (χ1v) is 15.6. The fraction of sp³-hybridized carbons (Fsp3) is 0.676. The quantitative estimate of drug-likeness (QED) is 0.369. The lowest BCUT2D eigenvalue weighted by Crippen LogP contribution is -2.51. The normalized spacial score (nSPS) is 41.0. The van der Waals surface area contributed by atoms with E-state index >= 15 is 0 Å². The van der Waals surface area contributed by atoms with E-state index in [1.54, 1.807) is 0 Å². The number of ether oxygens (including phenoxy) is 3. The second kappa shape index (κ2) is 8.85. The second-order valence-electron chi connectivity index (χ2n) is 13.8. The first kappa shape index (κ1) is 25.0. The van der Waals surface area contributed by atoms with Crippen molar-refractivity contribution in [3.8, 4) is 0 Å². The Morgan fingerprint density at radius 2 is 1.69 bits per heavy atom. The van der Waals surface area contributed by atoms with Crippen LogP contribution in [0.2, 0.25) is 0 Å². The van der Waals surface area contributed by atoms with E-state index in [1.165, 1.54) is 35.1 Å². The van der Waals surface area contributed by atoms with Crippen LogP contribution in [0.1, 0.15) is 98.9 Å². The minimum atomic E-state index is -0.863. The van der Waals surface area contributed by atoms with Gasteiger partial charge in [0.15, 0.2) is 11.6 Å². The summed E-state index contributed by atoms with van der Waals surface area (Å²) in [5, 5.41) is 12.3. The van der Waals surface area contributed by atoms with Gasteiger partial charge in [0, 0.05) is 30.2 Å². The Morgan fingerprint density at radius 3 is 2.41 bits per heavy atom. The van der Waals surface area contributed by atoms with Gasteiger partial charge >= 0.3 is 0 Å². The topological polar surface area (TPSA) is 65.0 Å². The minimum absolute atomic E-state index is 0.187. The largest absolute Gasteiger partial charge is 0.385 e. The smallest absolute Gasteiger partial charge is 0.171 e. The number of Topliss-reactive ketones (excluding diaryl/α,β-unsaturated/α-hetero) is 1. The molecule has 7 aliphatic rings. The van der Waals surface area contributed by atoms with Crippen LogP contribution in [0, 0.1) is 23.7 Å². The Bertz CT molecular complexity index is 1220. The van der Waals surface area contributed by atoms with Crippen molar-refractivity contribution >= 4 is 5.78 Å². The summed E-state index contributed by atoms with van der Waals surface area (Å²) >= 11 is 0. The number of hydrogen-bond donors (Lipinski definition) is 1. The highest BCUT2D eigenvalue weighted by Gasteiger charge is 2.58. The standard InChI is InChI=1S/C34H42O5/c1-21-11-15-39-34(21)14-8-25-18-26(34)19-28(22-2-4-23(5-3-22)31(35)24-6-7-24)30-27(25)9-12-32(36)20-33(13-10-29(30)32)37-16-17-38-33/h2-5,24-28,36H,1,6-20H2/t25-,26+,27?,28-,32-,34-/m1/s1. The van der Waals surface area contributed by atoms with E-state index in [9.17, 15) is 9.90 Å². The Kier molecular flexibility index (Phi) is 5.67. The van der Waals surface area contributed by atoms with Crippen molar-refractivity contribution in [3.05, 3.63) is 58.7 Å². The maximum atomic E-state index is 12.8. The molecule has 6 atom stereocenters. The van der Waals surface area contributed by atoms with E-state index in [2.05, 4.69) is 30.8 Å². The van der Waals surface area contributed by atoms with Crippen molar-refractivity contribution in [2.45, 2.75) is 100.0 Å². The fourth-order valence-corrected chi connectivity index (χ4v) is 9.76. The minimum Gasteiger partial charge on any atom is -0.385 e. The van der Waals surface area contributed by atoms with E-state index in [0.717, 1.165) is 70.0 Å². The molecule has 2 heterocycles. The van der Waals surface area contributed by atoms with Gasteiger partial charge in [-0.2, -0.15) is 0 Å². The average Bonchev–Trinajstić information content (AvgIpc) is 3.63. The number of allylic oxidation sites excluding steroid dienone is 1. The van der Waals surface area contributed by atoms with E-state index in [-0.39, 0.29) is 17.4 Å².